The summed E-state index contributed by atoms with van der Waals surface area (Å²) in [5.41, 5.74) is 0.799. The van der Waals surface area contributed by atoms with Crippen LogP contribution in [0.2, 0.25) is 0 Å². The summed E-state index contributed by atoms with van der Waals surface area (Å²) in [5.74, 6) is 2.01. The van der Waals surface area contributed by atoms with Gasteiger partial charge in [0.05, 0.1) is 0 Å². The highest BCUT2D eigenvalue weighted by Gasteiger charge is 2.52. The lowest BCUT2D eigenvalue weighted by molar-refractivity contribution is 0.381. The van der Waals surface area contributed by atoms with Gasteiger partial charge in [-0.2, -0.15) is 0 Å². The second kappa shape index (κ2) is 3.61. The molecule has 0 bridgehead atoms. The van der Waals surface area contributed by atoms with Crippen molar-refractivity contribution in [3.8, 4) is 0 Å². The maximum Gasteiger partial charge on any atom is -0.00180 e. The minimum absolute atomic E-state index is 0.799. The zero-order valence-electron chi connectivity index (χ0n) is 9.10. The molecule has 0 saturated heterocycles. The SMILES string of the molecule is CNCC1CC12CCCC(C)CC2. The lowest BCUT2D eigenvalue weighted by Crippen LogP contribution is -2.15. The first-order chi connectivity index (χ1) is 6.27. The first-order valence-electron chi connectivity index (χ1n) is 5.91. The minimum atomic E-state index is 0.799. The predicted octanol–water partition coefficient (Wildman–Crippen LogP) is 2.81. The Balaban J connectivity index is 1.87. The molecule has 2 fully saturated rings. The molecule has 0 aromatic heterocycles. The van der Waals surface area contributed by atoms with Gasteiger partial charge < -0.3 is 5.32 Å². The molecule has 0 radical (unpaired) electrons. The molecule has 0 aromatic rings. The molecule has 3 unspecified atom stereocenters. The van der Waals surface area contributed by atoms with E-state index in [-0.39, 0.29) is 0 Å². The fourth-order valence-corrected chi connectivity index (χ4v) is 3.19. The van der Waals surface area contributed by atoms with Gasteiger partial charge in [-0.3, -0.25) is 0 Å². The summed E-state index contributed by atoms with van der Waals surface area (Å²) in [6.45, 7) is 3.68. The molecule has 1 spiro atoms. The van der Waals surface area contributed by atoms with E-state index in [0.29, 0.717) is 0 Å². The van der Waals surface area contributed by atoms with Crippen LogP contribution in [0, 0.1) is 17.3 Å². The summed E-state index contributed by atoms with van der Waals surface area (Å²) in [4.78, 5) is 0. The van der Waals surface area contributed by atoms with Crippen molar-refractivity contribution in [3.05, 3.63) is 0 Å². The van der Waals surface area contributed by atoms with Crippen molar-refractivity contribution in [2.75, 3.05) is 13.6 Å². The smallest absolute Gasteiger partial charge is 0.00180 e. The van der Waals surface area contributed by atoms with Gasteiger partial charge in [0.25, 0.3) is 0 Å². The Morgan fingerprint density at radius 3 is 2.92 bits per heavy atom. The predicted molar refractivity (Wildman–Crippen MR) is 56.7 cm³/mol. The molecule has 0 aromatic carbocycles. The zero-order chi connectivity index (χ0) is 9.31. The van der Waals surface area contributed by atoms with E-state index < -0.39 is 0 Å². The van der Waals surface area contributed by atoms with Crippen LogP contribution < -0.4 is 5.32 Å². The third kappa shape index (κ3) is 1.90. The second-order valence-corrected chi connectivity index (χ2v) is 5.36. The molecule has 1 heteroatoms. The zero-order valence-corrected chi connectivity index (χ0v) is 9.10. The van der Waals surface area contributed by atoms with Crippen molar-refractivity contribution in [1.82, 2.24) is 5.32 Å². The monoisotopic (exact) mass is 181 g/mol. The van der Waals surface area contributed by atoms with Gasteiger partial charge in [0.15, 0.2) is 0 Å². The van der Waals surface area contributed by atoms with E-state index in [1.54, 1.807) is 0 Å². The van der Waals surface area contributed by atoms with Crippen LogP contribution in [-0.2, 0) is 0 Å². The van der Waals surface area contributed by atoms with E-state index in [9.17, 15) is 0 Å². The molecule has 2 saturated carbocycles. The molecule has 0 heterocycles. The van der Waals surface area contributed by atoms with Gasteiger partial charge in [-0.1, -0.05) is 26.2 Å². The van der Waals surface area contributed by atoms with Crippen molar-refractivity contribution >= 4 is 0 Å². The molecule has 1 N–H and O–H groups in total. The van der Waals surface area contributed by atoms with Crippen LogP contribution >= 0.6 is 0 Å². The van der Waals surface area contributed by atoms with Crippen LogP contribution in [0.15, 0.2) is 0 Å². The Bertz CT molecular complexity index is 178. The van der Waals surface area contributed by atoms with E-state index in [4.69, 9.17) is 0 Å². The number of rotatable bonds is 2. The Morgan fingerprint density at radius 1 is 1.31 bits per heavy atom. The fourth-order valence-electron chi connectivity index (χ4n) is 3.19. The van der Waals surface area contributed by atoms with Crippen molar-refractivity contribution in [2.45, 2.75) is 45.4 Å². The van der Waals surface area contributed by atoms with Crippen LogP contribution in [0.4, 0.5) is 0 Å². The van der Waals surface area contributed by atoms with E-state index in [0.717, 1.165) is 17.3 Å². The Labute approximate surface area is 82.3 Å². The first-order valence-corrected chi connectivity index (χ1v) is 5.91. The van der Waals surface area contributed by atoms with Crippen LogP contribution in [-0.4, -0.2) is 13.6 Å². The average Bonchev–Trinajstić information content (AvgIpc) is 2.80. The first kappa shape index (κ1) is 9.51. The largest absolute Gasteiger partial charge is 0.319 e. The van der Waals surface area contributed by atoms with Gasteiger partial charge in [0.1, 0.15) is 0 Å². The molecule has 2 aliphatic rings. The van der Waals surface area contributed by atoms with E-state index >= 15 is 0 Å². The molecule has 2 rings (SSSR count). The van der Waals surface area contributed by atoms with Crippen LogP contribution in [0.3, 0.4) is 0 Å². The lowest BCUT2D eigenvalue weighted by atomic mass is 9.93. The van der Waals surface area contributed by atoms with E-state index in [1.807, 2.05) is 0 Å². The van der Waals surface area contributed by atoms with Crippen molar-refractivity contribution in [2.24, 2.45) is 17.3 Å². The summed E-state index contributed by atoms with van der Waals surface area (Å²) >= 11 is 0. The maximum absolute atomic E-state index is 3.33. The highest BCUT2D eigenvalue weighted by Crippen LogP contribution is 2.60. The average molecular weight is 181 g/mol. The second-order valence-electron chi connectivity index (χ2n) is 5.36. The Hall–Kier alpha value is -0.0400. The highest BCUT2D eigenvalue weighted by atomic mass is 14.8. The van der Waals surface area contributed by atoms with Crippen molar-refractivity contribution in [3.63, 3.8) is 0 Å². The number of nitrogens with one attached hydrogen (secondary N) is 1. The summed E-state index contributed by atoms with van der Waals surface area (Å²) in [6.07, 6.45) is 9.00. The van der Waals surface area contributed by atoms with Gasteiger partial charge in [0, 0.05) is 0 Å². The van der Waals surface area contributed by atoms with Gasteiger partial charge in [-0.15, -0.1) is 0 Å². The minimum Gasteiger partial charge on any atom is -0.319 e. The van der Waals surface area contributed by atoms with Crippen molar-refractivity contribution < 1.29 is 0 Å². The molecular formula is C12H23N. The van der Waals surface area contributed by atoms with Gasteiger partial charge in [-0.25, -0.2) is 0 Å². The third-order valence-corrected chi connectivity index (χ3v) is 4.32. The molecule has 76 valence electrons. The quantitative estimate of drug-likeness (QED) is 0.690. The molecule has 2 aliphatic carbocycles. The van der Waals surface area contributed by atoms with E-state index in [2.05, 4.69) is 19.3 Å². The van der Waals surface area contributed by atoms with Gasteiger partial charge in [-0.05, 0) is 50.1 Å². The van der Waals surface area contributed by atoms with Crippen LogP contribution in [0.25, 0.3) is 0 Å². The fraction of sp³-hybridized carbons (Fsp3) is 1.00. The summed E-state index contributed by atoms with van der Waals surface area (Å²) in [6, 6.07) is 0. The van der Waals surface area contributed by atoms with Gasteiger partial charge >= 0.3 is 0 Å². The molecule has 3 atom stereocenters. The summed E-state index contributed by atoms with van der Waals surface area (Å²) < 4.78 is 0. The number of hydrogen-bond acceptors (Lipinski definition) is 1. The highest BCUT2D eigenvalue weighted by molar-refractivity contribution is 5.03. The van der Waals surface area contributed by atoms with Gasteiger partial charge in [0.2, 0.25) is 0 Å². The molecular weight excluding hydrogens is 158 g/mol. The standard InChI is InChI=1S/C12H23N/c1-10-4-3-6-12(7-5-10)8-11(12)9-13-2/h10-11,13H,3-9H2,1-2H3. The van der Waals surface area contributed by atoms with Crippen molar-refractivity contribution in [1.29, 1.82) is 0 Å². The van der Waals surface area contributed by atoms with Crippen LogP contribution in [0.1, 0.15) is 45.4 Å². The molecule has 13 heavy (non-hydrogen) atoms. The number of hydrogen-bond donors (Lipinski definition) is 1. The van der Waals surface area contributed by atoms with E-state index in [1.165, 1.54) is 45.1 Å². The Kier molecular flexibility index (Phi) is 2.64. The lowest BCUT2D eigenvalue weighted by Gasteiger charge is -2.13. The molecule has 0 aliphatic heterocycles. The maximum atomic E-state index is 3.33. The van der Waals surface area contributed by atoms with Crippen LogP contribution in [0.5, 0.6) is 0 Å². The molecule has 1 nitrogen and oxygen atoms in total. The normalized spacial score (nSPS) is 44.8. The molecule has 0 amide bonds. The summed E-state index contributed by atoms with van der Waals surface area (Å²) in [7, 11) is 2.09. The topological polar surface area (TPSA) is 12.0 Å². The summed E-state index contributed by atoms with van der Waals surface area (Å²) in [5, 5.41) is 3.33. The third-order valence-electron chi connectivity index (χ3n) is 4.32. The Morgan fingerprint density at radius 2 is 2.15 bits per heavy atom.